The summed E-state index contributed by atoms with van der Waals surface area (Å²) in [5.74, 6) is -0.0728. The minimum absolute atomic E-state index is 0.0728. The quantitative estimate of drug-likeness (QED) is 0.843. The Balaban J connectivity index is 1.92. The molecule has 3 nitrogen and oxygen atoms in total. The lowest BCUT2D eigenvalue weighted by molar-refractivity contribution is -0.120. The van der Waals surface area contributed by atoms with Gasteiger partial charge in [0.1, 0.15) is 0 Å². The Morgan fingerprint density at radius 1 is 1.05 bits per heavy atom. The zero-order valence-corrected chi connectivity index (χ0v) is 11.2. The molecule has 0 aromatic heterocycles. The van der Waals surface area contributed by atoms with E-state index in [1.807, 2.05) is 42.5 Å². The molecule has 0 atom stereocenters. The van der Waals surface area contributed by atoms with Crippen LogP contribution < -0.4 is 11.1 Å². The van der Waals surface area contributed by atoms with Gasteiger partial charge in [-0.2, -0.15) is 0 Å². The number of anilines is 1. The molecule has 0 unspecified atom stereocenters. The number of hydrogen-bond acceptors (Lipinski definition) is 2. The Bertz CT molecular complexity index is 584. The van der Waals surface area contributed by atoms with Crippen LogP contribution >= 0.6 is 11.6 Å². The van der Waals surface area contributed by atoms with Crippen molar-refractivity contribution in [1.82, 2.24) is 5.32 Å². The third-order valence-electron chi connectivity index (χ3n) is 2.84. The van der Waals surface area contributed by atoms with Crippen molar-refractivity contribution in [2.75, 3.05) is 5.73 Å². The van der Waals surface area contributed by atoms with Gasteiger partial charge in [-0.25, -0.2) is 0 Å². The van der Waals surface area contributed by atoms with Crippen LogP contribution in [0.5, 0.6) is 0 Å². The molecule has 0 saturated heterocycles. The molecule has 4 heteroatoms. The molecule has 0 heterocycles. The summed E-state index contributed by atoms with van der Waals surface area (Å²) >= 11 is 6.01. The van der Waals surface area contributed by atoms with Gasteiger partial charge in [0, 0.05) is 17.3 Å². The van der Waals surface area contributed by atoms with Gasteiger partial charge in [0.15, 0.2) is 0 Å². The molecule has 0 aliphatic rings. The molecule has 0 bridgehead atoms. The molecule has 0 saturated carbocycles. The van der Waals surface area contributed by atoms with Crippen molar-refractivity contribution in [3.63, 3.8) is 0 Å². The van der Waals surface area contributed by atoms with E-state index in [0.717, 1.165) is 11.1 Å². The van der Waals surface area contributed by atoms with Crippen LogP contribution in [-0.2, 0) is 17.8 Å². The van der Waals surface area contributed by atoms with Gasteiger partial charge in [0.2, 0.25) is 5.91 Å². The average Bonchev–Trinajstić information content (AvgIpc) is 2.40. The molecule has 0 spiro atoms. The molecule has 0 fully saturated rings. The lowest BCUT2D eigenvalue weighted by atomic mass is 10.1. The summed E-state index contributed by atoms with van der Waals surface area (Å²) < 4.78 is 0. The highest BCUT2D eigenvalue weighted by Crippen LogP contribution is 2.15. The number of carbonyl (C=O) groups is 1. The number of nitrogens with two attached hydrogens (primary N) is 1. The number of rotatable bonds is 4. The predicted molar refractivity (Wildman–Crippen MR) is 77.9 cm³/mol. The fraction of sp³-hybridized carbons (Fsp3) is 0.133. The third-order valence-corrected chi connectivity index (χ3v) is 3.21. The Labute approximate surface area is 117 Å². The van der Waals surface area contributed by atoms with Crippen molar-refractivity contribution < 1.29 is 4.79 Å². The molecule has 2 aromatic rings. The molecule has 2 aromatic carbocycles. The van der Waals surface area contributed by atoms with E-state index in [-0.39, 0.29) is 12.3 Å². The Morgan fingerprint density at radius 3 is 2.37 bits per heavy atom. The van der Waals surface area contributed by atoms with Crippen LogP contribution in [0, 0.1) is 0 Å². The normalized spacial score (nSPS) is 10.2. The first-order valence-electron chi connectivity index (χ1n) is 6.00. The Kier molecular flexibility index (Phi) is 4.42. The fourth-order valence-corrected chi connectivity index (χ4v) is 1.97. The summed E-state index contributed by atoms with van der Waals surface area (Å²) in [5.41, 5.74) is 8.23. The molecule has 0 radical (unpaired) electrons. The summed E-state index contributed by atoms with van der Waals surface area (Å²) in [5, 5.41) is 3.45. The summed E-state index contributed by atoms with van der Waals surface area (Å²) in [7, 11) is 0. The van der Waals surface area contributed by atoms with Gasteiger partial charge < -0.3 is 11.1 Å². The Morgan fingerprint density at radius 2 is 1.68 bits per heavy atom. The highest BCUT2D eigenvalue weighted by molar-refractivity contribution is 6.31. The smallest absolute Gasteiger partial charge is 0.224 e. The predicted octanol–water partition coefficient (Wildman–Crippen LogP) is 2.78. The summed E-state index contributed by atoms with van der Waals surface area (Å²) in [6.07, 6.45) is 0.270. The first-order chi connectivity index (χ1) is 9.16. The van der Waals surface area contributed by atoms with Crippen LogP contribution in [0.4, 0.5) is 5.69 Å². The van der Waals surface area contributed by atoms with Crippen LogP contribution in [0.15, 0.2) is 48.5 Å². The second-order valence-electron chi connectivity index (χ2n) is 4.24. The maximum atomic E-state index is 11.8. The number of benzene rings is 2. The van der Waals surface area contributed by atoms with E-state index in [2.05, 4.69) is 5.32 Å². The van der Waals surface area contributed by atoms with E-state index in [4.69, 9.17) is 17.3 Å². The van der Waals surface area contributed by atoms with Gasteiger partial charge in [-0.15, -0.1) is 0 Å². The van der Waals surface area contributed by atoms with Gasteiger partial charge in [0.25, 0.3) is 0 Å². The number of hydrogen-bond donors (Lipinski definition) is 2. The summed E-state index contributed by atoms with van der Waals surface area (Å²) in [4.78, 5) is 11.8. The maximum absolute atomic E-state index is 11.8. The topological polar surface area (TPSA) is 55.1 Å². The fourth-order valence-electron chi connectivity index (χ4n) is 1.77. The van der Waals surface area contributed by atoms with Crippen molar-refractivity contribution in [1.29, 1.82) is 0 Å². The van der Waals surface area contributed by atoms with E-state index in [1.54, 1.807) is 6.07 Å². The van der Waals surface area contributed by atoms with Crippen molar-refractivity contribution in [3.8, 4) is 0 Å². The van der Waals surface area contributed by atoms with Gasteiger partial charge in [-0.1, -0.05) is 48.0 Å². The molecule has 0 aliphatic carbocycles. The van der Waals surface area contributed by atoms with E-state index < -0.39 is 0 Å². The molecular formula is C15H15ClN2O. The minimum Gasteiger partial charge on any atom is -0.398 e. The lowest BCUT2D eigenvalue weighted by Crippen LogP contribution is -2.25. The van der Waals surface area contributed by atoms with E-state index in [1.165, 1.54) is 0 Å². The zero-order chi connectivity index (χ0) is 13.7. The van der Waals surface area contributed by atoms with Gasteiger partial charge in [-0.3, -0.25) is 4.79 Å². The number of carbonyl (C=O) groups excluding carboxylic acids is 1. The van der Waals surface area contributed by atoms with Gasteiger partial charge in [0.05, 0.1) is 6.42 Å². The van der Waals surface area contributed by atoms with Crippen molar-refractivity contribution >= 4 is 23.2 Å². The first kappa shape index (κ1) is 13.4. The molecule has 2 rings (SSSR count). The highest BCUT2D eigenvalue weighted by atomic mass is 35.5. The molecule has 98 valence electrons. The SMILES string of the molecule is Nc1ccccc1CNC(=O)Cc1ccccc1Cl. The molecule has 1 amide bonds. The highest BCUT2D eigenvalue weighted by Gasteiger charge is 2.07. The second kappa shape index (κ2) is 6.25. The van der Waals surface area contributed by atoms with E-state index in [9.17, 15) is 4.79 Å². The van der Waals surface area contributed by atoms with Crippen LogP contribution in [0.3, 0.4) is 0 Å². The molecular weight excluding hydrogens is 260 g/mol. The second-order valence-corrected chi connectivity index (χ2v) is 4.65. The standard InChI is InChI=1S/C15H15ClN2O/c16-13-7-3-1-5-11(13)9-15(19)18-10-12-6-2-4-8-14(12)17/h1-8H,9-10,17H2,(H,18,19). The molecule has 19 heavy (non-hydrogen) atoms. The maximum Gasteiger partial charge on any atom is 0.224 e. The minimum atomic E-state index is -0.0728. The molecule has 3 N–H and O–H groups in total. The van der Waals surface area contributed by atoms with E-state index >= 15 is 0 Å². The van der Waals surface area contributed by atoms with Gasteiger partial charge in [-0.05, 0) is 23.3 Å². The van der Waals surface area contributed by atoms with E-state index in [0.29, 0.717) is 17.3 Å². The monoisotopic (exact) mass is 274 g/mol. The van der Waals surface area contributed by atoms with Gasteiger partial charge >= 0.3 is 0 Å². The van der Waals surface area contributed by atoms with Crippen molar-refractivity contribution in [2.45, 2.75) is 13.0 Å². The summed E-state index contributed by atoms with van der Waals surface area (Å²) in [6, 6.07) is 14.8. The number of nitrogens with one attached hydrogen (secondary N) is 1. The largest absolute Gasteiger partial charge is 0.398 e. The van der Waals surface area contributed by atoms with Crippen LogP contribution in [0.25, 0.3) is 0 Å². The number of nitrogen functional groups attached to an aromatic ring is 1. The van der Waals surface area contributed by atoms with Crippen LogP contribution in [0.2, 0.25) is 5.02 Å². The zero-order valence-electron chi connectivity index (χ0n) is 10.4. The first-order valence-corrected chi connectivity index (χ1v) is 6.38. The van der Waals surface area contributed by atoms with Crippen molar-refractivity contribution in [3.05, 3.63) is 64.7 Å². The molecule has 0 aliphatic heterocycles. The van der Waals surface area contributed by atoms with Crippen LogP contribution in [0.1, 0.15) is 11.1 Å². The Hall–Kier alpha value is -2.00. The number of halogens is 1. The van der Waals surface area contributed by atoms with Crippen molar-refractivity contribution in [2.24, 2.45) is 0 Å². The lowest BCUT2D eigenvalue weighted by Gasteiger charge is -2.08. The number of para-hydroxylation sites is 1. The average molecular weight is 275 g/mol. The summed E-state index contributed by atoms with van der Waals surface area (Å²) in [6.45, 7) is 0.427. The van der Waals surface area contributed by atoms with Crippen LogP contribution in [-0.4, -0.2) is 5.91 Å². The third kappa shape index (κ3) is 3.73. The number of amides is 1.